The van der Waals surface area contributed by atoms with Crippen molar-refractivity contribution in [2.75, 3.05) is 20.3 Å². The Balaban J connectivity index is 1.95. The summed E-state index contributed by atoms with van der Waals surface area (Å²) in [5.74, 6) is 1.21. The molecule has 0 saturated carbocycles. The van der Waals surface area contributed by atoms with E-state index in [0.717, 1.165) is 36.9 Å². The van der Waals surface area contributed by atoms with Crippen LogP contribution in [0.25, 0.3) is 0 Å². The van der Waals surface area contributed by atoms with E-state index in [1.165, 1.54) is 5.56 Å². The summed E-state index contributed by atoms with van der Waals surface area (Å²) in [4.78, 5) is 0. The van der Waals surface area contributed by atoms with Crippen LogP contribution in [0.2, 0.25) is 5.02 Å². The van der Waals surface area contributed by atoms with Crippen LogP contribution < -0.4 is 14.8 Å². The van der Waals surface area contributed by atoms with Crippen molar-refractivity contribution in [2.45, 2.75) is 39.3 Å². The molecule has 2 N–H and O–H groups in total. The molecule has 0 fully saturated rings. The van der Waals surface area contributed by atoms with Crippen LogP contribution in [0.1, 0.15) is 36.0 Å². The van der Waals surface area contributed by atoms with Crippen LogP contribution in [0.4, 0.5) is 0 Å². The number of nitrogens with one attached hydrogen (secondary N) is 1. The predicted molar refractivity (Wildman–Crippen MR) is 106 cm³/mol. The zero-order valence-electron chi connectivity index (χ0n) is 15.6. The van der Waals surface area contributed by atoms with Gasteiger partial charge in [-0.15, -0.1) is 0 Å². The predicted octanol–water partition coefficient (Wildman–Crippen LogP) is 4.49. The topological polar surface area (TPSA) is 50.7 Å². The maximum Gasteiger partial charge on any atom is 0.180 e. The van der Waals surface area contributed by atoms with Gasteiger partial charge in [-0.2, -0.15) is 0 Å². The van der Waals surface area contributed by atoms with Crippen molar-refractivity contribution in [3.05, 3.63) is 58.1 Å². The van der Waals surface area contributed by atoms with Gasteiger partial charge in [0.15, 0.2) is 11.5 Å². The van der Waals surface area contributed by atoms with E-state index >= 15 is 0 Å². The normalized spacial score (nSPS) is 10.8. The molecular weight excluding hydrogens is 350 g/mol. The Kier molecular flexibility index (Phi) is 8.75. The highest BCUT2D eigenvalue weighted by molar-refractivity contribution is 6.32. The molecular formula is C21H28ClNO3. The smallest absolute Gasteiger partial charge is 0.180 e. The van der Waals surface area contributed by atoms with Gasteiger partial charge < -0.3 is 19.9 Å². The number of benzene rings is 2. The van der Waals surface area contributed by atoms with Gasteiger partial charge in [-0.25, -0.2) is 0 Å². The van der Waals surface area contributed by atoms with E-state index in [2.05, 4.69) is 24.4 Å². The molecule has 0 aliphatic heterocycles. The first-order valence-electron chi connectivity index (χ1n) is 9.00. The number of aliphatic hydroxyl groups is 1. The van der Waals surface area contributed by atoms with Gasteiger partial charge in [0.05, 0.1) is 12.1 Å². The number of aliphatic hydroxyl groups excluding tert-OH is 1. The molecule has 0 aliphatic rings. The number of halogens is 1. The third kappa shape index (κ3) is 6.52. The van der Waals surface area contributed by atoms with Crippen LogP contribution in [0.15, 0.2) is 36.4 Å². The number of hydrogen-bond donors (Lipinski definition) is 2. The van der Waals surface area contributed by atoms with E-state index in [9.17, 15) is 0 Å². The Bertz CT molecular complexity index is 691. The summed E-state index contributed by atoms with van der Waals surface area (Å²) >= 11 is 6.43. The molecule has 0 heterocycles. The van der Waals surface area contributed by atoms with Gasteiger partial charge in [0.25, 0.3) is 0 Å². The average molecular weight is 378 g/mol. The molecule has 0 amide bonds. The lowest BCUT2D eigenvalue weighted by Crippen LogP contribution is -2.15. The van der Waals surface area contributed by atoms with E-state index in [1.807, 2.05) is 24.3 Å². The van der Waals surface area contributed by atoms with Crippen LogP contribution in [0.3, 0.4) is 0 Å². The summed E-state index contributed by atoms with van der Waals surface area (Å²) < 4.78 is 11.4. The zero-order chi connectivity index (χ0) is 18.8. The van der Waals surface area contributed by atoms with Crippen molar-refractivity contribution in [1.82, 2.24) is 5.32 Å². The van der Waals surface area contributed by atoms with Crippen molar-refractivity contribution in [2.24, 2.45) is 0 Å². The van der Waals surface area contributed by atoms with Crippen LogP contribution in [0, 0.1) is 6.92 Å². The SMILES string of the molecule is COc1cc(CNCCCCCO)cc(Cl)c1OCc1cccc(C)c1. The number of methoxy groups -OCH3 is 1. The Hall–Kier alpha value is -1.75. The van der Waals surface area contributed by atoms with E-state index in [0.29, 0.717) is 29.7 Å². The number of rotatable bonds is 11. The summed E-state index contributed by atoms with van der Waals surface area (Å²) in [7, 11) is 1.62. The molecule has 0 unspecified atom stereocenters. The second-order valence-electron chi connectivity index (χ2n) is 6.35. The third-order valence-electron chi connectivity index (χ3n) is 4.10. The lowest BCUT2D eigenvalue weighted by Gasteiger charge is -2.15. The molecule has 0 atom stereocenters. The van der Waals surface area contributed by atoms with Crippen LogP contribution in [-0.4, -0.2) is 25.4 Å². The second-order valence-corrected chi connectivity index (χ2v) is 6.75. The molecule has 2 aromatic rings. The highest BCUT2D eigenvalue weighted by Gasteiger charge is 2.12. The quantitative estimate of drug-likeness (QED) is 0.566. The molecule has 4 nitrogen and oxygen atoms in total. The van der Waals surface area contributed by atoms with E-state index in [1.54, 1.807) is 7.11 Å². The standard InChI is InChI=1S/C21H28ClNO3/c1-16-7-6-8-17(11-16)15-26-21-19(22)12-18(13-20(21)25-2)14-23-9-4-3-5-10-24/h6-8,11-13,23-24H,3-5,9-10,14-15H2,1-2H3. The molecule has 0 saturated heterocycles. The molecule has 0 spiro atoms. The highest BCUT2D eigenvalue weighted by atomic mass is 35.5. The average Bonchev–Trinajstić information content (AvgIpc) is 2.63. The largest absolute Gasteiger partial charge is 0.493 e. The molecule has 2 aromatic carbocycles. The molecule has 26 heavy (non-hydrogen) atoms. The maximum atomic E-state index is 8.78. The first kappa shape index (κ1) is 20.6. The minimum absolute atomic E-state index is 0.261. The van der Waals surface area contributed by atoms with Crippen molar-refractivity contribution in [3.63, 3.8) is 0 Å². The van der Waals surface area contributed by atoms with Crippen LogP contribution in [-0.2, 0) is 13.2 Å². The monoisotopic (exact) mass is 377 g/mol. The van der Waals surface area contributed by atoms with Crippen molar-refractivity contribution in [1.29, 1.82) is 0 Å². The fourth-order valence-corrected chi connectivity index (χ4v) is 3.03. The van der Waals surface area contributed by atoms with E-state index in [4.69, 9.17) is 26.2 Å². The summed E-state index contributed by atoms with van der Waals surface area (Å²) in [6.45, 7) is 4.39. The van der Waals surface area contributed by atoms with Crippen molar-refractivity contribution in [3.8, 4) is 11.5 Å². The van der Waals surface area contributed by atoms with E-state index in [-0.39, 0.29) is 6.61 Å². The van der Waals surface area contributed by atoms with Gasteiger partial charge in [-0.05, 0) is 56.0 Å². The fourth-order valence-electron chi connectivity index (χ4n) is 2.74. The Labute approximate surface area is 161 Å². The molecule has 2 rings (SSSR count). The number of aryl methyl sites for hydroxylation is 1. The summed E-state index contributed by atoms with van der Waals surface area (Å²) in [6, 6.07) is 12.1. The summed E-state index contributed by atoms with van der Waals surface area (Å²) in [5.41, 5.74) is 3.35. The maximum absolute atomic E-state index is 8.78. The zero-order valence-corrected chi connectivity index (χ0v) is 16.3. The fraction of sp³-hybridized carbons (Fsp3) is 0.429. The highest BCUT2D eigenvalue weighted by Crippen LogP contribution is 2.37. The molecule has 0 aromatic heterocycles. The first-order valence-corrected chi connectivity index (χ1v) is 9.38. The number of ether oxygens (including phenoxy) is 2. The Morgan fingerprint density at radius 1 is 1.08 bits per heavy atom. The molecule has 0 bridgehead atoms. The molecule has 142 valence electrons. The van der Waals surface area contributed by atoms with Gasteiger partial charge in [0.1, 0.15) is 6.61 Å². The molecule has 0 radical (unpaired) electrons. The van der Waals surface area contributed by atoms with E-state index < -0.39 is 0 Å². The van der Waals surface area contributed by atoms with Gasteiger partial charge in [0, 0.05) is 13.2 Å². The van der Waals surface area contributed by atoms with Crippen molar-refractivity contribution < 1.29 is 14.6 Å². The molecule has 0 aliphatic carbocycles. The molecule has 5 heteroatoms. The Morgan fingerprint density at radius 3 is 2.65 bits per heavy atom. The first-order chi connectivity index (χ1) is 12.6. The number of unbranched alkanes of at least 4 members (excludes halogenated alkanes) is 2. The number of hydrogen-bond acceptors (Lipinski definition) is 4. The van der Waals surface area contributed by atoms with Gasteiger partial charge >= 0.3 is 0 Å². The second kappa shape index (κ2) is 11.1. The third-order valence-corrected chi connectivity index (χ3v) is 4.38. The minimum Gasteiger partial charge on any atom is -0.493 e. The van der Waals surface area contributed by atoms with Gasteiger partial charge in [-0.1, -0.05) is 41.4 Å². The summed E-state index contributed by atoms with van der Waals surface area (Å²) in [5, 5.41) is 12.7. The lowest BCUT2D eigenvalue weighted by atomic mass is 10.1. The minimum atomic E-state index is 0.261. The Morgan fingerprint density at radius 2 is 1.92 bits per heavy atom. The van der Waals surface area contributed by atoms with Crippen molar-refractivity contribution >= 4 is 11.6 Å². The van der Waals surface area contributed by atoms with Gasteiger partial charge in [-0.3, -0.25) is 0 Å². The van der Waals surface area contributed by atoms with Crippen LogP contribution in [0.5, 0.6) is 11.5 Å². The van der Waals surface area contributed by atoms with Crippen LogP contribution >= 0.6 is 11.6 Å². The lowest BCUT2D eigenvalue weighted by molar-refractivity contribution is 0.282. The summed E-state index contributed by atoms with van der Waals surface area (Å²) in [6.07, 6.45) is 2.93. The van der Waals surface area contributed by atoms with Gasteiger partial charge in [0.2, 0.25) is 0 Å².